The third kappa shape index (κ3) is 3.20. The zero-order valence-electron chi connectivity index (χ0n) is 10.6. The van der Waals surface area contributed by atoms with Crippen molar-refractivity contribution in [2.24, 2.45) is 0 Å². The average molecular weight is 249 g/mol. The molecule has 0 saturated carbocycles. The second-order valence-electron chi connectivity index (χ2n) is 4.61. The van der Waals surface area contributed by atoms with Crippen LogP contribution in [0.4, 0.5) is 5.69 Å². The summed E-state index contributed by atoms with van der Waals surface area (Å²) in [5, 5.41) is 12.2. The van der Waals surface area contributed by atoms with Crippen LogP contribution in [0.25, 0.3) is 0 Å². The molecule has 1 aliphatic heterocycles. The molecular weight excluding hydrogens is 230 g/mol. The van der Waals surface area contributed by atoms with Crippen molar-refractivity contribution >= 4 is 11.7 Å². The molecule has 0 aromatic carbocycles. The van der Waals surface area contributed by atoms with Gasteiger partial charge in [0.15, 0.2) is 0 Å². The first-order valence-corrected chi connectivity index (χ1v) is 6.37. The van der Waals surface area contributed by atoms with E-state index in [9.17, 15) is 4.79 Å². The van der Waals surface area contributed by atoms with Crippen LogP contribution in [0.3, 0.4) is 0 Å². The Hall–Kier alpha value is -1.62. The van der Waals surface area contributed by atoms with Crippen LogP contribution in [0.5, 0.6) is 0 Å². The lowest BCUT2D eigenvalue weighted by molar-refractivity contribution is 0.0690. The number of carboxylic acid groups (broad SMARTS) is 1. The maximum absolute atomic E-state index is 10.7. The Balaban J connectivity index is 1.94. The van der Waals surface area contributed by atoms with Crippen LogP contribution >= 0.6 is 0 Å². The highest BCUT2D eigenvalue weighted by Crippen LogP contribution is 2.15. The predicted octanol–water partition coefficient (Wildman–Crippen LogP) is 1.68. The van der Waals surface area contributed by atoms with Crippen LogP contribution < -0.4 is 5.32 Å². The Kier molecular flexibility index (Phi) is 4.15. The summed E-state index contributed by atoms with van der Waals surface area (Å²) < 4.78 is 0. The number of carbonyl (C=O) groups is 1. The number of likely N-dealkylation sites (tertiary alicyclic amines) is 1. The van der Waals surface area contributed by atoms with Gasteiger partial charge < -0.3 is 15.3 Å². The number of aromatic carboxylic acids is 1. The number of rotatable bonds is 4. The first kappa shape index (κ1) is 12.8. The monoisotopic (exact) mass is 249 g/mol. The van der Waals surface area contributed by atoms with E-state index in [-0.39, 0.29) is 5.69 Å². The number of carboxylic acids is 1. The van der Waals surface area contributed by atoms with Crippen molar-refractivity contribution in [3.05, 3.63) is 24.0 Å². The molecule has 1 aromatic rings. The van der Waals surface area contributed by atoms with Gasteiger partial charge in [0.2, 0.25) is 0 Å². The lowest BCUT2D eigenvalue weighted by Crippen LogP contribution is -2.41. The molecule has 0 radical (unpaired) electrons. The second kappa shape index (κ2) is 5.82. The number of hydrogen-bond acceptors (Lipinski definition) is 4. The molecule has 5 nitrogen and oxygen atoms in total. The minimum absolute atomic E-state index is 0.0828. The van der Waals surface area contributed by atoms with E-state index in [1.54, 1.807) is 12.3 Å². The summed E-state index contributed by atoms with van der Waals surface area (Å²) in [5.74, 6) is -0.989. The molecular formula is C13H19N3O2. The van der Waals surface area contributed by atoms with E-state index in [4.69, 9.17) is 5.11 Å². The van der Waals surface area contributed by atoms with Crippen molar-refractivity contribution in [2.75, 3.05) is 25.0 Å². The van der Waals surface area contributed by atoms with Gasteiger partial charge in [-0.2, -0.15) is 0 Å². The smallest absolute Gasteiger partial charge is 0.354 e. The number of aromatic nitrogens is 1. The summed E-state index contributed by atoms with van der Waals surface area (Å²) in [5.41, 5.74) is 0.974. The summed E-state index contributed by atoms with van der Waals surface area (Å²) in [6.07, 6.45) is 3.94. The zero-order chi connectivity index (χ0) is 13.0. The number of nitrogens with zero attached hydrogens (tertiary/aromatic N) is 2. The molecule has 1 aromatic heterocycles. The number of hydrogen-bond donors (Lipinski definition) is 2. The fourth-order valence-corrected chi connectivity index (χ4v) is 2.30. The summed E-state index contributed by atoms with van der Waals surface area (Å²) in [7, 11) is 0. The second-order valence-corrected chi connectivity index (χ2v) is 4.61. The van der Waals surface area contributed by atoms with Gasteiger partial charge in [-0.05, 0) is 38.1 Å². The fourth-order valence-electron chi connectivity index (χ4n) is 2.30. The molecule has 98 valence electrons. The molecule has 0 spiro atoms. The first-order valence-electron chi connectivity index (χ1n) is 6.37. The number of piperidine rings is 1. The lowest BCUT2D eigenvalue weighted by atomic mass is 10.1. The molecule has 0 aliphatic carbocycles. The van der Waals surface area contributed by atoms with Gasteiger partial charge in [-0.3, -0.25) is 0 Å². The number of pyridine rings is 1. The molecule has 0 amide bonds. The van der Waals surface area contributed by atoms with E-state index < -0.39 is 5.97 Å². The molecule has 1 aliphatic rings. The third-order valence-electron chi connectivity index (χ3n) is 3.31. The summed E-state index contributed by atoms with van der Waals surface area (Å²) in [4.78, 5) is 17.0. The van der Waals surface area contributed by atoms with Gasteiger partial charge in [0.05, 0.1) is 11.9 Å². The summed E-state index contributed by atoms with van der Waals surface area (Å²) in [6.45, 7) is 5.46. The van der Waals surface area contributed by atoms with Gasteiger partial charge in [-0.15, -0.1) is 0 Å². The highest BCUT2D eigenvalue weighted by atomic mass is 16.4. The van der Waals surface area contributed by atoms with E-state index >= 15 is 0 Å². The van der Waals surface area contributed by atoms with Crippen LogP contribution in [-0.2, 0) is 0 Å². The fraction of sp³-hybridized carbons (Fsp3) is 0.538. The van der Waals surface area contributed by atoms with Gasteiger partial charge in [0.1, 0.15) is 5.69 Å². The summed E-state index contributed by atoms with van der Waals surface area (Å²) >= 11 is 0. The quantitative estimate of drug-likeness (QED) is 0.850. The first-order chi connectivity index (χ1) is 8.69. The number of anilines is 1. The molecule has 2 N–H and O–H groups in total. The van der Waals surface area contributed by atoms with Crippen LogP contribution in [0.2, 0.25) is 0 Å². The molecule has 1 atom stereocenters. The van der Waals surface area contributed by atoms with Crippen molar-refractivity contribution in [3.63, 3.8) is 0 Å². The van der Waals surface area contributed by atoms with Crippen molar-refractivity contribution in [2.45, 2.75) is 25.8 Å². The highest BCUT2D eigenvalue weighted by Gasteiger charge is 2.18. The minimum atomic E-state index is -0.989. The number of nitrogens with one attached hydrogen (secondary N) is 1. The van der Waals surface area contributed by atoms with E-state index in [2.05, 4.69) is 22.1 Å². The number of likely N-dealkylation sites (N-methyl/N-ethyl adjacent to an activating group) is 1. The Bertz CT molecular complexity index is 405. The maximum atomic E-state index is 10.7. The van der Waals surface area contributed by atoms with Gasteiger partial charge in [0.25, 0.3) is 0 Å². The van der Waals surface area contributed by atoms with E-state index in [1.807, 2.05) is 0 Å². The van der Waals surface area contributed by atoms with Gasteiger partial charge in [-0.25, -0.2) is 9.78 Å². The van der Waals surface area contributed by atoms with Gasteiger partial charge in [0, 0.05) is 12.6 Å². The molecule has 1 fully saturated rings. The van der Waals surface area contributed by atoms with Crippen molar-refractivity contribution in [1.29, 1.82) is 0 Å². The standard InChI is InChI=1S/C13H19N3O2/c1-2-16-7-3-4-11(9-16)15-10-5-6-12(13(17)18)14-8-10/h5-6,8,11,15H,2-4,7,9H2,1H3,(H,17,18). The maximum Gasteiger partial charge on any atom is 0.354 e. The van der Waals surface area contributed by atoms with Crippen molar-refractivity contribution in [3.8, 4) is 0 Å². The Morgan fingerprint density at radius 3 is 3.06 bits per heavy atom. The molecule has 1 unspecified atom stereocenters. The van der Waals surface area contributed by atoms with E-state index in [0.29, 0.717) is 6.04 Å². The largest absolute Gasteiger partial charge is 0.477 e. The molecule has 18 heavy (non-hydrogen) atoms. The average Bonchev–Trinajstić information content (AvgIpc) is 2.39. The van der Waals surface area contributed by atoms with Gasteiger partial charge in [-0.1, -0.05) is 6.92 Å². The highest BCUT2D eigenvalue weighted by molar-refractivity contribution is 5.85. The van der Waals surface area contributed by atoms with Crippen LogP contribution in [-0.4, -0.2) is 46.6 Å². The van der Waals surface area contributed by atoms with Crippen LogP contribution in [0.1, 0.15) is 30.3 Å². The van der Waals surface area contributed by atoms with Gasteiger partial charge >= 0.3 is 5.97 Å². The molecule has 2 rings (SSSR count). The topological polar surface area (TPSA) is 65.5 Å². The lowest BCUT2D eigenvalue weighted by Gasteiger charge is -2.32. The Morgan fingerprint density at radius 1 is 1.61 bits per heavy atom. The van der Waals surface area contributed by atoms with Crippen LogP contribution in [0.15, 0.2) is 18.3 Å². The van der Waals surface area contributed by atoms with E-state index in [0.717, 1.165) is 25.2 Å². The minimum Gasteiger partial charge on any atom is -0.477 e. The Labute approximate surface area is 107 Å². The van der Waals surface area contributed by atoms with Crippen LogP contribution in [0, 0.1) is 0 Å². The molecule has 0 bridgehead atoms. The van der Waals surface area contributed by atoms with E-state index in [1.165, 1.54) is 19.0 Å². The SMILES string of the molecule is CCN1CCCC(Nc2ccc(C(=O)O)nc2)C1. The molecule has 2 heterocycles. The molecule has 5 heteroatoms. The zero-order valence-corrected chi connectivity index (χ0v) is 10.6. The summed E-state index contributed by atoms with van der Waals surface area (Å²) in [6, 6.07) is 3.74. The van der Waals surface area contributed by atoms with Crippen molar-refractivity contribution < 1.29 is 9.90 Å². The third-order valence-corrected chi connectivity index (χ3v) is 3.31. The predicted molar refractivity (Wildman–Crippen MR) is 70.0 cm³/mol. The normalized spacial score (nSPS) is 20.6. The molecule has 1 saturated heterocycles. The van der Waals surface area contributed by atoms with Crippen molar-refractivity contribution in [1.82, 2.24) is 9.88 Å². The Morgan fingerprint density at radius 2 is 2.44 bits per heavy atom.